The van der Waals surface area contributed by atoms with Crippen molar-refractivity contribution in [3.8, 4) is 0 Å². The Morgan fingerprint density at radius 3 is 2.50 bits per heavy atom. The molecule has 0 spiro atoms. The molecule has 1 aromatic carbocycles. The first-order valence-corrected chi connectivity index (χ1v) is 4.22. The molecular formula is C10H9LiN3O2-. The fraction of sp³-hybridized carbons (Fsp3) is 0.100. The molecule has 0 fully saturated rings. The third kappa shape index (κ3) is 3.63. The molecule has 0 saturated heterocycles. The van der Waals surface area contributed by atoms with Gasteiger partial charge in [0.15, 0.2) is 5.82 Å². The summed E-state index contributed by atoms with van der Waals surface area (Å²) in [5.74, 6) is 0.755. The van der Waals surface area contributed by atoms with E-state index in [0.29, 0.717) is 12.2 Å². The van der Waals surface area contributed by atoms with E-state index in [4.69, 9.17) is 0 Å². The fourth-order valence-corrected chi connectivity index (χ4v) is 1.20. The van der Waals surface area contributed by atoms with Crippen LogP contribution in [-0.4, -0.2) is 26.9 Å². The molecule has 0 saturated carbocycles. The van der Waals surface area contributed by atoms with Crippen molar-refractivity contribution in [1.29, 1.82) is 0 Å². The van der Waals surface area contributed by atoms with E-state index in [-0.39, 0.29) is 30.2 Å². The van der Waals surface area contributed by atoms with E-state index in [0.717, 1.165) is 5.56 Å². The van der Waals surface area contributed by atoms with E-state index < -0.39 is 0 Å². The number of hydrogen-bond donors (Lipinski definition) is 1. The van der Waals surface area contributed by atoms with Gasteiger partial charge in [-0.2, -0.15) is 11.4 Å². The summed E-state index contributed by atoms with van der Waals surface area (Å²) >= 11 is 0. The Bertz CT molecular complexity index is 431. The smallest absolute Gasteiger partial charge is 0.870 e. The molecule has 16 heavy (non-hydrogen) atoms. The van der Waals surface area contributed by atoms with Crippen LogP contribution in [-0.2, 0) is 11.2 Å². The number of H-pyrrole nitrogens is 1. The van der Waals surface area contributed by atoms with Gasteiger partial charge in [0, 0.05) is 12.2 Å². The zero-order valence-corrected chi connectivity index (χ0v) is 8.84. The van der Waals surface area contributed by atoms with Gasteiger partial charge in [0.25, 0.3) is 0 Å². The normalized spacial score (nSPS) is 8.75. The third-order valence-electron chi connectivity index (χ3n) is 1.83. The van der Waals surface area contributed by atoms with Gasteiger partial charge < -0.3 is 10.3 Å². The molecule has 2 N–H and O–H groups in total. The molecular weight excluding hydrogens is 201 g/mol. The Morgan fingerprint density at radius 2 is 1.94 bits per heavy atom. The largest absolute Gasteiger partial charge is 1.00 e. The van der Waals surface area contributed by atoms with Gasteiger partial charge in [-0.05, 0) is 5.56 Å². The molecule has 78 valence electrons. The molecule has 2 aromatic rings. The van der Waals surface area contributed by atoms with Crippen molar-refractivity contribution in [3.63, 3.8) is 0 Å². The zero-order chi connectivity index (χ0) is 9.80. The average Bonchev–Trinajstić information content (AvgIpc) is 2.67. The van der Waals surface area contributed by atoms with E-state index >= 15 is 0 Å². The van der Waals surface area contributed by atoms with E-state index in [1.54, 1.807) is 6.29 Å². The van der Waals surface area contributed by atoms with Gasteiger partial charge in [0.1, 0.15) is 0 Å². The summed E-state index contributed by atoms with van der Waals surface area (Å²) in [6.45, 7) is 0. The predicted molar refractivity (Wildman–Crippen MR) is 52.4 cm³/mol. The van der Waals surface area contributed by atoms with Crippen LogP contribution < -0.4 is 18.9 Å². The number of rotatable bonds is 3. The Kier molecular flexibility index (Phi) is 6.35. The third-order valence-corrected chi connectivity index (χ3v) is 1.83. The number of benzene rings is 1. The maximum atomic E-state index is 10.2. The summed E-state index contributed by atoms with van der Waals surface area (Å²) in [6, 6.07) is 9.83. The molecule has 2 rings (SSSR count). The molecule has 0 unspecified atom stereocenters. The first kappa shape index (κ1) is 14.6. The minimum absolute atomic E-state index is 0. The van der Waals surface area contributed by atoms with Gasteiger partial charge in [-0.1, -0.05) is 30.3 Å². The second kappa shape index (κ2) is 6.96. The monoisotopic (exact) mass is 210 g/mol. The second-order valence-corrected chi connectivity index (χ2v) is 2.86. The number of aromatic nitrogens is 3. The Labute approximate surface area is 105 Å². The van der Waals surface area contributed by atoms with Gasteiger partial charge in [0.05, 0.1) is 0 Å². The molecule has 0 bridgehead atoms. The SMILES string of the molecule is O=[C-]c1nc(Cc2ccccc2)n[nH]1.[Li+].[OH-]. The fourth-order valence-electron chi connectivity index (χ4n) is 1.20. The standard InChI is InChI=1S/C10H8N3O.Li.H2O/c14-7-10-11-9(12-13-10)6-8-4-2-1-3-5-8;;/h1-5H,6H2,(H,11,12,13);;1H2/q-1;+1;/p-1. The molecule has 0 amide bonds. The van der Waals surface area contributed by atoms with Crippen LogP contribution in [0, 0.1) is 0 Å². The molecule has 0 aliphatic carbocycles. The van der Waals surface area contributed by atoms with Crippen molar-refractivity contribution in [1.82, 2.24) is 15.2 Å². The van der Waals surface area contributed by atoms with Crippen LogP contribution in [0.4, 0.5) is 0 Å². The number of nitrogens with zero attached hydrogens (tertiary/aromatic N) is 2. The number of carbonyl (C=O) groups excluding carboxylic acids is 1. The molecule has 6 heteroatoms. The first-order valence-electron chi connectivity index (χ1n) is 4.22. The summed E-state index contributed by atoms with van der Waals surface area (Å²) in [4.78, 5) is 14.1. The van der Waals surface area contributed by atoms with Gasteiger partial charge in [0.2, 0.25) is 0 Å². The van der Waals surface area contributed by atoms with Crippen molar-refractivity contribution in [2.75, 3.05) is 0 Å². The molecule has 1 aromatic heterocycles. The van der Waals surface area contributed by atoms with Gasteiger partial charge in [-0.15, -0.1) is 0 Å². The van der Waals surface area contributed by atoms with Gasteiger partial charge >= 0.3 is 18.9 Å². The van der Waals surface area contributed by atoms with E-state index in [1.165, 1.54) is 0 Å². The number of nitrogens with one attached hydrogen (secondary N) is 1. The minimum Gasteiger partial charge on any atom is -0.870 e. The summed E-state index contributed by atoms with van der Waals surface area (Å²) < 4.78 is 0. The Hall–Kier alpha value is -1.41. The van der Waals surface area contributed by atoms with E-state index in [9.17, 15) is 4.79 Å². The van der Waals surface area contributed by atoms with Crippen LogP contribution in [0.15, 0.2) is 30.3 Å². The summed E-state index contributed by atoms with van der Waals surface area (Å²) in [5.41, 5.74) is 1.11. The molecule has 0 radical (unpaired) electrons. The van der Waals surface area contributed by atoms with Gasteiger partial charge in [-0.25, -0.2) is 4.98 Å². The molecule has 5 nitrogen and oxygen atoms in total. The first-order chi connectivity index (χ1) is 6.88. The molecule has 0 atom stereocenters. The Balaban J connectivity index is 0.00000112. The van der Waals surface area contributed by atoms with Crippen LogP contribution in [0.2, 0.25) is 0 Å². The van der Waals surface area contributed by atoms with E-state index in [1.807, 2.05) is 30.3 Å². The average molecular weight is 210 g/mol. The van der Waals surface area contributed by atoms with Crippen molar-refractivity contribution in [3.05, 3.63) is 47.5 Å². The minimum atomic E-state index is 0. The zero-order valence-electron chi connectivity index (χ0n) is 8.84. The number of aromatic amines is 1. The summed E-state index contributed by atoms with van der Waals surface area (Å²) in [5, 5.41) is 6.37. The maximum absolute atomic E-state index is 10.2. The molecule has 0 aliphatic rings. The van der Waals surface area contributed by atoms with Crippen LogP contribution in [0.25, 0.3) is 0 Å². The van der Waals surface area contributed by atoms with Crippen molar-refractivity contribution >= 4 is 6.29 Å². The van der Waals surface area contributed by atoms with Gasteiger partial charge in [-0.3, -0.25) is 5.10 Å². The van der Waals surface area contributed by atoms with Crippen molar-refractivity contribution in [2.24, 2.45) is 0 Å². The van der Waals surface area contributed by atoms with Crippen LogP contribution in [0.1, 0.15) is 17.2 Å². The molecule has 0 aliphatic heterocycles. The van der Waals surface area contributed by atoms with Crippen molar-refractivity contribution in [2.45, 2.75) is 6.42 Å². The van der Waals surface area contributed by atoms with Crippen LogP contribution in [0.5, 0.6) is 0 Å². The van der Waals surface area contributed by atoms with Crippen molar-refractivity contribution < 1.29 is 29.1 Å². The van der Waals surface area contributed by atoms with Crippen LogP contribution in [0.3, 0.4) is 0 Å². The Morgan fingerprint density at radius 1 is 1.25 bits per heavy atom. The number of hydrogen-bond acceptors (Lipinski definition) is 4. The quantitative estimate of drug-likeness (QED) is 0.455. The summed E-state index contributed by atoms with van der Waals surface area (Å²) in [7, 11) is 0. The predicted octanol–water partition coefficient (Wildman–Crippen LogP) is -2.32. The van der Waals surface area contributed by atoms with Crippen LogP contribution >= 0.6 is 0 Å². The maximum Gasteiger partial charge on any atom is 1.00 e. The van der Waals surface area contributed by atoms with E-state index in [2.05, 4.69) is 15.2 Å². The summed E-state index contributed by atoms with van der Waals surface area (Å²) in [6.07, 6.45) is 2.28. The topological polar surface area (TPSA) is 88.6 Å². The molecule has 1 heterocycles. The second-order valence-electron chi connectivity index (χ2n) is 2.86.